The lowest BCUT2D eigenvalue weighted by atomic mass is 9.94. The lowest BCUT2D eigenvalue weighted by Crippen LogP contribution is -2.42. The van der Waals surface area contributed by atoms with E-state index in [1.165, 1.54) is 34.6 Å². The van der Waals surface area contributed by atoms with Crippen LogP contribution in [0.25, 0.3) is 0 Å². The van der Waals surface area contributed by atoms with E-state index in [1.807, 2.05) is 13.8 Å². The van der Waals surface area contributed by atoms with E-state index in [4.69, 9.17) is 4.74 Å². The van der Waals surface area contributed by atoms with Crippen molar-refractivity contribution in [1.29, 1.82) is 0 Å². The minimum Gasteiger partial charge on any atom is -0.457 e. The molecule has 2 unspecified atom stereocenters. The Hall–Kier alpha value is -2.30. The lowest BCUT2D eigenvalue weighted by molar-refractivity contribution is -0.380. The molecule has 0 N–H and O–H groups in total. The number of rotatable bonds is 6. The van der Waals surface area contributed by atoms with E-state index in [1.54, 1.807) is 5.38 Å². The van der Waals surface area contributed by atoms with E-state index < -0.39 is 20.9 Å². The van der Waals surface area contributed by atoms with Crippen molar-refractivity contribution in [3.05, 3.63) is 57.0 Å². The molecule has 1 aliphatic rings. The van der Waals surface area contributed by atoms with Crippen LogP contribution in [0, 0.1) is 22.0 Å². The average molecular weight is 439 g/mol. The zero-order valence-electron chi connectivity index (χ0n) is 16.1. The quantitative estimate of drug-likeness (QED) is 0.387. The number of hydrogen-bond donors (Lipinski definition) is 0. The summed E-state index contributed by atoms with van der Waals surface area (Å²) < 4.78 is 32.7. The van der Waals surface area contributed by atoms with Crippen molar-refractivity contribution in [2.24, 2.45) is 11.8 Å². The van der Waals surface area contributed by atoms with Crippen molar-refractivity contribution in [3.63, 3.8) is 0 Å². The number of carbonyl (C=O) groups excluding carboxylic acids is 1. The molecule has 156 valence electrons. The number of sulfonamides is 1. The third-order valence-corrected chi connectivity index (χ3v) is 7.49. The summed E-state index contributed by atoms with van der Waals surface area (Å²) in [4.78, 5) is 22.6. The van der Waals surface area contributed by atoms with Crippen LogP contribution >= 0.6 is 11.3 Å². The Morgan fingerprint density at radius 2 is 1.97 bits per heavy atom. The van der Waals surface area contributed by atoms with Gasteiger partial charge in [-0.2, -0.15) is 4.31 Å². The highest BCUT2D eigenvalue weighted by Crippen LogP contribution is 2.27. The second-order valence-corrected chi connectivity index (χ2v) is 10.2. The Morgan fingerprint density at radius 1 is 1.28 bits per heavy atom. The van der Waals surface area contributed by atoms with E-state index in [0.717, 1.165) is 17.8 Å². The van der Waals surface area contributed by atoms with Crippen molar-refractivity contribution in [3.8, 4) is 0 Å². The molecule has 0 bridgehead atoms. The molecule has 0 spiro atoms. The van der Waals surface area contributed by atoms with Crippen LogP contribution in [0.2, 0.25) is 0 Å². The number of benzene rings is 1. The van der Waals surface area contributed by atoms with Crippen molar-refractivity contribution < 1.29 is 22.9 Å². The maximum absolute atomic E-state index is 13.0. The fraction of sp³-hybridized carbons (Fsp3) is 0.421. The Bertz CT molecular complexity index is 1010. The third kappa shape index (κ3) is 5.01. The van der Waals surface area contributed by atoms with Gasteiger partial charge >= 0.3 is 11.0 Å². The van der Waals surface area contributed by atoms with Crippen LogP contribution in [0.5, 0.6) is 0 Å². The van der Waals surface area contributed by atoms with Crippen molar-refractivity contribution >= 4 is 32.3 Å². The Labute approximate surface area is 173 Å². The molecule has 1 aliphatic heterocycles. The van der Waals surface area contributed by atoms with E-state index in [2.05, 4.69) is 0 Å². The van der Waals surface area contributed by atoms with E-state index >= 15 is 0 Å². The monoisotopic (exact) mass is 438 g/mol. The first-order chi connectivity index (χ1) is 13.7. The van der Waals surface area contributed by atoms with Crippen LogP contribution in [0.3, 0.4) is 0 Å². The van der Waals surface area contributed by atoms with Gasteiger partial charge in [-0.05, 0) is 36.5 Å². The van der Waals surface area contributed by atoms with Crippen molar-refractivity contribution in [2.75, 3.05) is 13.1 Å². The van der Waals surface area contributed by atoms with Crippen LogP contribution in [0.1, 0.15) is 36.2 Å². The zero-order valence-corrected chi connectivity index (χ0v) is 17.7. The molecule has 0 amide bonds. The van der Waals surface area contributed by atoms with Gasteiger partial charge in [0.05, 0.1) is 15.4 Å². The number of hydrogen-bond acceptors (Lipinski definition) is 7. The van der Waals surface area contributed by atoms with Crippen molar-refractivity contribution in [2.45, 2.75) is 31.8 Å². The number of piperidine rings is 1. The predicted molar refractivity (Wildman–Crippen MR) is 108 cm³/mol. The maximum atomic E-state index is 13.0. The molecule has 1 aromatic carbocycles. The molecule has 1 saturated heterocycles. The number of nitro groups is 1. The van der Waals surface area contributed by atoms with Gasteiger partial charge in [0.15, 0.2) is 0 Å². The highest BCUT2D eigenvalue weighted by molar-refractivity contribution is 7.89. The number of thiophene rings is 1. The summed E-state index contributed by atoms with van der Waals surface area (Å²) in [6, 6.07) is 7.13. The molecule has 0 saturated carbocycles. The molecule has 2 aromatic rings. The fourth-order valence-corrected chi connectivity index (χ4v) is 5.94. The van der Waals surface area contributed by atoms with Gasteiger partial charge in [0, 0.05) is 30.1 Å². The molecule has 1 aromatic heterocycles. The second-order valence-electron chi connectivity index (χ2n) is 7.42. The van der Waals surface area contributed by atoms with E-state index in [9.17, 15) is 23.3 Å². The van der Waals surface area contributed by atoms with Gasteiger partial charge in [-0.3, -0.25) is 10.1 Å². The molecular formula is C19H22N2O6S2. The molecule has 3 rings (SSSR count). The van der Waals surface area contributed by atoms with Gasteiger partial charge in [-0.25, -0.2) is 13.2 Å². The van der Waals surface area contributed by atoms with Gasteiger partial charge < -0.3 is 4.74 Å². The largest absolute Gasteiger partial charge is 0.457 e. The topological polar surface area (TPSA) is 107 Å². The van der Waals surface area contributed by atoms with Gasteiger partial charge in [0.25, 0.3) is 0 Å². The van der Waals surface area contributed by atoms with Crippen LogP contribution in [0.15, 0.2) is 40.6 Å². The third-order valence-electron chi connectivity index (χ3n) is 4.73. The Morgan fingerprint density at radius 3 is 2.59 bits per heavy atom. The number of ether oxygens (including phenoxy) is 1. The first-order valence-corrected chi connectivity index (χ1v) is 11.5. The Balaban J connectivity index is 1.72. The molecule has 8 nitrogen and oxygen atoms in total. The molecule has 0 radical (unpaired) electrons. The first kappa shape index (κ1) is 21.4. The van der Waals surface area contributed by atoms with Crippen LogP contribution in [0.4, 0.5) is 5.00 Å². The molecule has 2 heterocycles. The summed E-state index contributed by atoms with van der Waals surface area (Å²) in [5.74, 6) is -0.135. The molecule has 0 aliphatic carbocycles. The summed E-state index contributed by atoms with van der Waals surface area (Å²) in [5, 5.41) is 12.2. The highest BCUT2D eigenvalue weighted by atomic mass is 32.2. The second kappa shape index (κ2) is 8.60. The van der Waals surface area contributed by atoms with Gasteiger partial charge in [-0.1, -0.05) is 31.3 Å². The van der Waals surface area contributed by atoms with Crippen LogP contribution in [-0.4, -0.2) is 36.7 Å². The minimum atomic E-state index is -3.70. The lowest BCUT2D eigenvalue weighted by Gasteiger charge is -2.34. The predicted octanol–water partition coefficient (Wildman–Crippen LogP) is 3.68. The fourth-order valence-electron chi connectivity index (χ4n) is 3.50. The van der Waals surface area contributed by atoms with Crippen molar-refractivity contribution in [1.82, 2.24) is 4.31 Å². The summed E-state index contributed by atoms with van der Waals surface area (Å²) in [5.41, 5.74) is 0.629. The standard InChI is InChI=1S/C19H22N2O6S2/c1-13-6-14(2)10-20(9-13)29(25,26)17-5-3-4-16(8-17)19(22)27-11-15-7-18(21(23)24)28-12-15/h3-5,7-8,12-14H,6,9-11H2,1-2H3. The molecule has 10 heteroatoms. The number of esters is 1. The number of nitrogens with zero attached hydrogens (tertiary/aromatic N) is 2. The molecule has 2 atom stereocenters. The smallest absolute Gasteiger partial charge is 0.338 e. The summed E-state index contributed by atoms with van der Waals surface area (Å²) in [6.45, 7) is 4.85. The minimum absolute atomic E-state index is 0.0332. The zero-order chi connectivity index (χ0) is 21.2. The van der Waals surface area contributed by atoms with Gasteiger partial charge in [0.1, 0.15) is 6.61 Å². The summed E-state index contributed by atoms with van der Waals surface area (Å²) >= 11 is 0.952. The normalized spacial score (nSPS) is 20.3. The molecule has 29 heavy (non-hydrogen) atoms. The summed E-state index contributed by atoms with van der Waals surface area (Å²) in [6.07, 6.45) is 0.985. The van der Waals surface area contributed by atoms with E-state index in [-0.39, 0.29) is 33.9 Å². The average Bonchev–Trinajstić information content (AvgIpc) is 3.15. The van der Waals surface area contributed by atoms with Gasteiger partial charge in [-0.15, -0.1) is 0 Å². The highest BCUT2D eigenvalue weighted by Gasteiger charge is 2.32. The maximum Gasteiger partial charge on any atom is 0.338 e. The SMILES string of the molecule is CC1CC(C)CN(S(=O)(=O)c2cccc(C(=O)OCc3csc([N+](=O)[O-])c3)c2)C1. The molecule has 1 fully saturated rings. The number of carbonyl (C=O) groups is 1. The van der Waals surface area contributed by atoms with E-state index in [0.29, 0.717) is 18.7 Å². The Kier molecular flexibility index (Phi) is 6.35. The summed E-state index contributed by atoms with van der Waals surface area (Å²) in [7, 11) is -3.70. The molecular weight excluding hydrogens is 416 g/mol. The van der Waals surface area contributed by atoms with Crippen LogP contribution < -0.4 is 0 Å². The first-order valence-electron chi connectivity index (χ1n) is 9.16. The van der Waals surface area contributed by atoms with Crippen LogP contribution in [-0.2, 0) is 21.4 Å². The van der Waals surface area contributed by atoms with Gasteiger partial charge in [0.2, 0.25) is 10.0 Å².